The molecule has 0 spiro atoms. The number of hydrogen-bond acceptors (Lipinski definition) is 4. The molecule has 1 fully saturated rings. The van der Waals surface area contributed by atoms with Crippen molar-refractivity contribution in [1.29, 1.82) is 0 Å². The van der Waals surface area contributed by atoms with E-state index in [4.69, 9.17) is 9.47 Å². The zero-order valence-electron chi connectivity index (χ0n) is 15.7. The second-order valence-corrected chi connectivity index (χ2v) is 6.79. The number of amides is 2. The van der Waals surface area contributed by atoms with Gasteiger partial charge in [-0.15, -0.1) is 0 Å². The van der Waals surface area contributed by atoms with Gasteiger partial charge in [-0.1, -0.05) is 24.3 Å². The monoisotopic (exact) mass is 368 g/mol. The van der Waals surface area contributed by atoms with Crippen LogP contribution in [0.2, 0.25) is 0 Å². The summed E-state index contributed by atoms with van der Waals surface area (Å²) < 4.78 is 11.0. The molecule has 2 atom stereocenters. The number of hydrogen-bond donors (Lipinski definition) is 2. The molecular formula is C21H24N2O4. The Bertz CT molecular complexity index is 834. The first-order chi connectivity index (χ1) is 13.0. The van der Waals surface area contributed by atoms with Crippen LogP contribution in [0.1, 0.15) is 20.3 Å². The third kappa shape index (κ3) is 4.58. The Balaban J connectivity index is 1.60. The average Bonchev–Trinajstić information content (AvgIpc) is 3.44. The van der Waals surface area contributed by atoms with Crippen molar-refractivity contribution in [3.8, 4) is 11.5 Å². The number of para-hydroxylation sites is 4. The molecule has 0 bridgehead atoms. The lowest BCUT2D eigenvalue weighted by Gasteiger charge is -2.14. The molecule has 0 aromatic heterocycles. The molecule has 1 saturated carbocycles. The minimum atomic E-state index is -0.341. The number of nitrogens with one attached hydrogen (secondary N) is 2. The van der Waals surface area contributed by atoms with E-state index in [9.17, 15) is 9.59 Å². The fourth-order valence-corrected chi connectivity index (χ4v) is 2.90. The third-order valence-electron chi connectivity index (χ3n) is 4.34. The molecule has 2 aromatic rings. The Kier molecular flexibility index (Phi) is 5.64. The fraction of sp³-hybridized carbons (Fsp3) is 0.333. The standard InChI is InChI=1S/C21H24N2O4/c1-13(2)27-19-11-7-5-9-17(19)23-21(25)15-12-14(15)20(24)22-16-8-4-6-10-18(16)26-3/h4-11,13-15H,12H2,1-3H3,(H,22,24)(H,23,25). The van der Waals surface area contributed by atoms with Gasteiger partial charge in [0, 0.05) is 0 Å². The molecule has 1 aliphatic rings. The van der Waals surface area contributed by atoms with E-state index in [0.717, 1.165) is 0 Å². The summed E-state index contributed by atoms with van der Waals surface area (Å²) in [5.41, 5.74) is 1.22. The molecule has 142 valence electrons. The van der Waals surface area contributed by atoms with E-state index in [2.05, 4.69) is 10.6 Å². The highest BCUT2D eigenvalue weighted by atomic mass is 16.5. The van der Waals surface area contributed by atoms with Crippen LogP contribution in [0.25, 0.3) is 0 Å². The van der Waals surface area contributed by atoms with Gasteiger partial charge in [0.1, 0.15) is 11.5 Å². The molecule has 0 saturated heterocycles. The summed E-state index contributed by atoms with van der Waals surface area (Å²) in [5.74, 6) is 0.185. The van der Waals surface area contributed by atoms with E-state index in [-0.39, 0.29) is 29.8 Å². The number of carbonyl (C=O) groups excluding carboxylic acids is 2. The van der Waals surface area contributed by atoms with Crippen LogP contribution in [0.4, 0.5) is 11.4 Å². The first kappa shape index (κ1) is 18.8. The van der Waals surface area contributed by atoms with Gasteiger partial charge in [-0.25, -0.2) is 0 Å². The summed E-state index contributed by atoms with van der Waals surface area (Å²) >= 11 is 0. The number of anilines is 2. The molecule has 6 heteroatoms. The molecule has 2 amide bonds. The minimum Gasteiger partial charge on any atom is -0.495 e. The van der Waals surface area contributed by atoms with E-state index in [1.54, 1.807) is 25.3 Å². The van der Waals surface area contributed by atoms with Crippen LogP contribution in [0.15, 0.2) is 48.5 Å². The Morgan fingerprint density at radius 3 is 1.89 bits per heavy atom. The Labute approximate surface area is 158 Å². The normalized spacial score (nSPS) is 17.9. The van der Waals surface area contributed by atoms with Gasteiger partial charge in [0.2, 0.25) is 11.8 Å². The number of ether oxygens (including phenoxy) is 2. The molecule has 0 aliphatic heterocycles. The van der Waals surface area contributed by atoms with Crippen LogP contribution < -0.4 is 20.1 Å². The Morgan fingerprint density at radius 2 is 1.37 bits per heavy atom. The van der Waals surface area contributed by atoms with Crippen molar-refractivity contribution in [3.05, 3.63) is 48.5 Å². The van der Waals surface area contributed by atoms with Gasteiger partial charge < -0.3 is 20.1 Å². The topological polar surface area (TPSA) is 76.7 Å². The van der Waals surface area contributed by atoms with Crippen molar-refractivity contribution in [3.63, 3.8) is 0 Å². The molecule has 2 unspecified atom stereocenters. The number of rotatable bonds is 7. The molecule has 0 heterocycles. The van der Waals surface area contributed by atoms with Crippen LogP contribution in [-0.4, -0.2) is 25.0 Å². The van der Waals surface area contributed by atoms with Gasteiger partial charge in [0.05, 0.1) is 36.4 Å². The van der Waals surface area contributed by atoms with Crippen LogP contribution in [0.3, 0.4) is 0 Å². The highest BCUT2D eigenvalue weighted by Crippen LogP contribution is 2.41. The first-order valence-electron chi connectivity index (χ1n) is 9.00. The summed E-state index contributed by atoms with van der Waals surface area (Å²) in [6.07, 6.45) is 0.531. The zero-order valence-corrected chi connectivity index (χ0v) is 15.7. The Morgan fingerprint density at radius 1 is 0.889 bits per heavy atom. The van der Waals surface area contributed by atoms with Crippen LogP contribution >= 0.6 is 0 Å². The maximum absolute atomic E-state index is 12.5. The van der Waals surface area contributed by atoms with Crippen LogP contribution in [0.5, 0.6) is 11.5 Å². The van der Waals surface area contributed by atoms with Gasteiger partial charge >= 0.3 is 0 Å². The zero-order chi connectivity index (χ0) is 19.4. The molecular weight excluding hydrogens is 344 g/mol. The molecule has 2 N–H and O–H groups in total. The second kappa shape index (κ2) is 8.12. The lowest BCUT2D eigenvalue weighted by Crippen LogP contribution is -2.21. The summed E-state index contributed by atoms with van der Waals surface area (Å²) in [5, 5.41) is 5.72. The quantitative estimate of drug-likeness (QED) is 0.781. The van der Waals surface area contributed by atoms with Crippen LogP contribution in [0, 0.1) is 11.8 Å². The maximum Gasteiger partial charge on any atom is 0.228 e. The number of benzene rings is 2. The number of methoxy groups -OCH3 is 1. The minimum absolute atomic E-state index is 0.00311. The number of carbonyl (C=O) groups is 2. The van der Waals surface area contributed by atoms with Crippen molar-refractivity contribution in [1.82, 2.24) is 0 Å². The molecule has 2 aromatic carbocycles. The van der Waals surface area contributed by atoms with Gasteiger partial charge in [-0.05, 0) is 44.5 Å². The molecule has 3 rings (SSSR count). The van der Waals surface area contributed by atoms with Crippen LogP contribution in [-0.2, 0) is 9.59 Å². The van der Waals surface area contributed by atoms with Crippen molar-refractivity contribution < 1.29 is 19.1 Å². The van der Waals surface area contributed by atoms with Gasteiger partial charge in [-0.2, -0.15) is 0 Å². The van der Waals surface area contributed by atoms with E-state index in [1.807, 2.05) is 44.2 Å². The van der Waals surface area contributed by atoms with Crippen molar-refractivity contribution >= 4 is 23.2 Å². The highest BCUT2D eigenvalue weighted by molar-refractivity contribution is 6.04. The van der Waals surface area contributed by atoms with E-state index >= 15 is 0 Å². The summed E-state index contributed by atoms with van der Waals surface area (Å²) in [6.45, 7) is 3.86. The SMILES string of the molecule is COc1ccccc1NC(=O)C1CC1C(=O)Nc1ccccc1OC(C)C. The van der Waals surface area contributed by atoms with Gasteiger partial charge in [0.25, 0.3) is 0 Å². The van der Waals surface area contributed by atoms with Gasteiger partial charge in [-0.3, -0.25) is 9.59 Å². The third-order valence-corrected chi connectivity index (χ3v) is 4.34. The van der Waals surface area contributed by atoms with E-state index < -0.39 is 0 Å². The largest absolute Gasteiger partial charge is 0.495 e. The lowest BCUT2D eigenvalue weighted by atomic mass is 10.2. The smallest absolute Gasteiger partial charge is 0.228 e. The van der Waals surface area contributed by atoms with E-state index in [0.29, 0.717) is 29.3 Å². The molecule has 27 heavy (non-hydrogen) atoms. The van der Waals surface area contributed by atoms with Gasteiger partial charge in [0.15, 0.2) is 0 Å². The maximum atomic E-state index is 12.5. The molecule has 0 radical (unpaired) electrons. The second-order valence-electron chi connectivity index (χ2n) is 6.79. The average molecular weight is 368 g/mol. The Hall–Kier alpha value is -3.02. The van der Waals surface area contributed by atoms with Crippen molar-refractivity contribution in [2.75, 3.05) is 17.7 Å². The molecule has 6 nitrogen and oxygen atoms in total. The summed E-state index contributed by atoms with van der Waals surface area (Å²) in [6, 6.07) is 14.5. The fourth-order valence-electron chi connectivity index (χ4n) is 2.90. The predicted molar refractivity (Wildman–Crippen MR) is 104 cm³/mol. The summed E-state index contributed by atoms with van der Waals surface area (Å²) in [7, 11) is 1.55. The summed E-state index contributed by atoms with van der Waals surface area (Å²) in [4.78, 5) is 25.0. The van der Waals surface area contributed by atoms with E-state index in [1.165, 1.54) is 0 Å². The predicted octanol–water partition coefficient (Wildman–Crippen LogP) is 3.70. The van der Waals surface area contributed by atoms with Crippen molar-refractivity contribution in [2.24, 2.45) is 11.8 Å². The molecule has 1 aliphatic carbocycles. The first-order valence-corrected chi connectivity index (χ1v) is 9.00. The highest BCUT2D eigenvalue weighted by Gasteiger charge is 2.48. The lowest BCUT2D eigenvalue weighted by molar-refractivity contribution is -0.122. The van der Waals surface area contributed by atoms with Crippen molar-refractivity contribution in [2.45, 2.75) is 26.4 Å².